The van der Waals surface area contributed by atoms with E-state index >= 15 is 0 Å². The van der Waals surface area contributed by atoms with Crippen molar-refractivity contribution in [2.24, 2.45) is 0 Å². The van der Waals surface area contributed by atoms with E-state index < -0.39 is 0 Å². The van der Waals surface area contributed by atoms with E-state index in [1.54, 1.807) is 17.4 Å². The first-order valence-electron chi connectivity index (χ1n) is 8.30. The predicted molar refractivity (Wildman–Crippen MR) is 109 cm³/mol. The number of amides is 1. The largest absolute Gasteiger partial charge is 0.325 e. The molecule has 0 saturated heterocycles. The van der Waals surface area contributed by atoms with Crippen LogP contribution in [0.5, 0.6) is 0 Å². The van der Waals surface area contributed by atoms with Crippen LogP contribution in [0.25, 0.3) is 10.7 Å². The van der Waals surface area contributed by atoms with Gasteiger partial charge in [-0.25, -0.2) is 0 Å². The van der Waals surface area contributed by atoms with Gasteiger partial charge in [0.1, 0.15) is 0 Å². The third kappa shape index (κ3) is 4.42. The first-order valence-corrected chi connectivity index (χ1v) is 10.2. The summed E-state index contributed by atoms with van der Waals surface area (Å²) < 4.78 is 1.98. The van der Waals surface area contributed by atoms with Crippen LogP contribution in [0.15, 0.2) is 59.6 Å². The highest BCUT2D eigenvalue weighted by Gasteiger charge is 2.15. The number of nitrogens with one attached hydrogen (secondary N) is 1. The second-order valence-electron chi connectivity index (χ2n) is 5.57. The zero-order valence-electron chi connectivity index (χ0n) is 14.5. The topological polar surface area (TPSA) is 59.8 Å². The van der Waals surface area contributed by atoms with Crippen LogP contribution in [0.4, 0.5) is 5.69 Å². The number of carbonyl (C=O) groups is 1. The number of nitrogens with zero attached hydrogens (tertiary/aromatic N) is 3. The Balaban J connectivity index is 1.65. The molecular weight excluding hydrogens is 364 g/mol. The van der Waals surface area contributed by atoms with Crippen LogP contribution in [-0.4, -0.2) is 26.4 Å². The van der Waals surface area contributed by atoms with Gasteiger partial charge in [0.25, 0.3) is 0 Å². The van der Waals surface area contributed by atoms with Crippen molar-refractivity contribution in [1.82, 2.24) is 14.8 Å². The Kier molecular flexibility index (Phi) is 6.25. The highest BCUT2D eigenvalue weighted by molar-refractivity contribution is 7.99. The Morgan fingerprint density at radius 2 is 2.12 bits per heavy atom. The second kappa shape index (κ2) is 8.82. The second-order valence-corrected chi connectivity index (χ2v) is 7.46. The zero-order chi connectivity index (χ0) is 18.4. The van der Waals surface area contributed by atoms with Gasteiger partial charge >= 0.3 is 0 Å². The van der Waals surface area contributed by atoms with Crippen molar-refractivity contribution < 1.29 is 4.79 Å². The molecule has 3 aromatic rings. The van der Waals surface area contributed by atoms with E-state index in [0.29, 0.717) is 11.7 Å². The number of carbonyl (C=O) groups excluding carboxylic acids is 1. The van der Waals surface area contributed by atoms with Crippen LogP contribution < -0.4 is 5.32 Å². The summed E-state index contributed by atoms with van der Waals surface area (Å²) in [7, 11) is 0. The van der Waals surface area contributed by atoms with E-state index in [9.17, 15) is 4.79 Å². The van der Waals surface area contributed by atoms with Gasteiger partial charge in [-0.2, -0.15) is 0 Å². The lowest BCUT2D eigenvalue weighted by atomic mass is 10.1. The van der Waals surface area contributed by atoms with E-state index in [0.717, 1.165) is 22.8 Å². The van der Waals surface area contributed by atoms with Gasteiger partial charge in [-0.15, -0.1) is 28.1 Å². The van der Waals surface area contributed by atoms with Gasteiger partial charge < -0.3 is 5.32 Å². The van der Waals surface area contributed by atoms with Crippen molar-refractivity contribution in [3.63, 3.8) is 0 Å². The summed E-state index contributed by atoms with van der Waals surface area (Å²) in [5.41, 5.74) is 2.05. The Morgan fingerprint density at radius 3 is 2.77 bits per heavy atom. The molecule has 1 amide bonds. The molecule has 0 radical (unpaired) electrons. The highest BCUT2D eigenvalue weighted by Crippen LogP contribution is 2.27. The first-order chi connectivity index (χ1) is 12.7. The van der Waals surface area contributed by atoms with Crippen LogP contribution >= 0.6 is 23.1 Å². The molecule has 1 N–H and O–H groups in total. The summed E-state index contributed by atoms with van der Waals surface area (Å²) in [6.07, 6.45) is 2.79. The molecular formula is C19H20N4OS2. The Hall–Kier alpha value is -2.38. The van der Waals surface area contributed by atoms with Gasteiger partial charge in [-0.05, 0) is 35.6 Å². The molecule has 1 aromatic carbocycles. The predicted octanol–water partition coefficient (Wildman–Crippen LogP) is 4.49. The summed E-state index contributed by atoms with van der Waals surface area (Å²) in [5, 5.41) is 14.2. The molecule has 7 heteroatoms. The fraction of sp³-hybridized carbons (Fsp3) is 0.211. The van der Waals surface area contributed by atoms with Gasteiger partial charge in [-0.1, -0.05) is 43.0 Å². The molecule has 5 nitrogen and oxygen atoms in total. The Bertz CT molecular complexity index is 870. The fourth-order valence-electron chi connectivity index (χ4n) is 2.43. The van der Waals surface area contributed by atoms with Crippen LogP contribution in [0.2, 0.25) is 0 Å². The van der Waals surface area contributed by atoms with Gasteiger partial charge in [-0.3, -0.25) is 9.36 Å². The van der Waals surface area contributed by atoms with E-state index in [-0.39, 0.29) is 11.7 Å². The van der Waals surface area contributed by atoms with Gasteiger partial charge in [0.15, 0.2) is 11.0 Å². The van der Waals surface area contributed by atoms with Crippen molar-refractivity contribution in [2.45, 2.75) is 25.0 Å². The van der Waals surface area contributed by atoms with Crippen LogP contribution in [-0.2, 0) is 17.8 Å². The monoisotopic (exact) mass is 384 g/mol. The average molecular weight is 385 g/mol. The fourth-order valence-corrected chi connectivity index (χ4v) is 3.89. The standard InChI is InChI=1S/C19H20N4OS2/c1-3-11-23-18(16-6-5-12-25-16)21-22-19(23)26-13-17(24)20-15-9-7-14(4-2)8-10-15/h3,5-10,12H,1,4,11,13H2,2H3,(H,20,24). The molecule has 0 aliphatic heterocycles. The highest BCUT2D eigenvalue weighted by atomic mass is 32.2. The molecule has 0 atom stereocenters. The maximum absolute atomic E-state index is 12.2. The number of allylic oxidation sites excluding steroid dienone is 1. The number of thiophene rings is 1. The average Bonchev–Trinajstić information content (AvgIpc) is 3.31. The normalized spacial score (nSPS) is 10.7. The lowest BCUT2D eigenvalue weighted by molar-refractivity contribution is -0.113. The van der Waals surface area contributed by atoms with E-state index in [1.807, 2.05) is 46.3 Å². The van der Waals surface area contributed by atoms with Crippen molar-refractivity contribution in [3.05, 3.63) is 60.0 Å². The Morgan fingerprint density at radius 1 is 1.31 bits per heavy atom. The molecule has 0 aliphatic carbocycles. The number of rotatable bonds is 8. The van der Waals surface area contributed by atoms with Gasteiger partial charge in [0.05, 0.1) is 10.6 Å². The zero-order valence-corrected chi connectivity index (χ0v) is 16.1. The number of aromatic nitrogens is 3. The molecule has 0 spiro atoms. The molecule has 0 unspecified atom stereocenters. The number of thioether (sulfide) groups is 1. The summed E-state index contributed by atoms with van der Waals surface area (Å²) in [4.78, 5) is 13.3. The molecule has 2 aromatic heterocycles. The summed E-state index contributed by atoms with van der Waals surface area (Å²) in [6.45, 7) is 6.51. The van der Waals surface area contributed by atoms with Gasteiger partial charge in [0, 0.05) is 12.2 Å². The minimum absolute atomic E-state index is 0.0647. The van der Waals surface area contributed by atoms with Crippen molar-refractivity contribution >= 4 is 34.7 Å². The Labute approximate surface area is 161 Å². The molecule has 0 fully saturated rings. The molecule has 3 rings (SSSR count). The molecule has 0 bridgehead atoms. The maximum Gasteiger partial charge on any atom is 0.234 e. The molecule has 26 heavy (non-hydrogen) atoms. The van der Waals surface area contributed by atoms with Gasteiger partial charge in [0.2, 0.25) is 5.91 Å². The quantitative estimate of drug-likeness (QED) is 0.459. The number of benzene rings is 1. The smallest absolute Gasteiger partial charge is 0.234 e. The molecule has 0 aliphatic rings. The molecule has 0 saturated carbocycles. The maximum atomic E-state index is 12.2. The number of aryl methyl sites for hydroxylation is 1. The minimum Gasteiger partial charge on any atom is -0.325 e. The third-order valence-electron chi connectivity index (χ3n) is 3.75. The number of hydrogen-bond acceptors (Lipinski definition) is 5. The summed E-state index contributed by atoms with van der Waals surface area (Å²) >= 11 is 2.99. The third-order valence-corrected chi connectivity index (χ3v) is 5.58. The van der Waals surface area contributed by atoms with Crippen molar-refractivity contribution in [3.8, 4) is 10.7 Å². The van der Waals surface area contributed by atoms with E-state index in [1.165, 1.54) is 17.3 Å². The first kappa shape index (κ1) is 18.4. The number of hydrogen-bond donors (Lipinski definition) is 1. The van der Waals surface area contributed by atoms with E-state index in [4.69, 9.17) is 0 Å². The summed E-state index contributed by atoms with van der Waals surface area (Å²) in [6, 6.07) is 11.9. The number of anilines is 1. The van der Waals surface area contributed by atoms with Crippen LogP contribution in [0, 0.1) is 0 Å². The van der Waals surface area contributed by atoms with Crippen LogP contribution in [0.3, 0.4) is 0 Å². The minimum atomic E-state index is -0.0647. The van der Waals surface area contributed by atoms with E-state index in [2.05, 4.69) is 29.0 Å². The molecule has 2 heterocycles. The summed E-state index contributed by atoms with van der Waals surface area (Å²) in [5.74, 6) is 1.01. The van der Waals surface area contributed by atoms with Crippen LogP contribution in [0.1, 0.15) is 12.5 Å². The lowest BCUT2D eigenvalue weighted by Gasteiger charge is -2.08. The van der Waals surface area contributed by atoms with Crippen molar-refractivity contribution in [2.75, 3.05) is 11.1 Å². The SMILES string of the molecule is C=CCn1c(SCC(=O)Nc2ccc(CC)cc2)nnc1-c1cccs1. The van der Waals surface area contributed by atoms with Crippen molar-refractivity contribution in [1.29, 1.82) is 0 Å². The lowest BCUT2D eigenvalue weighted by Crippen LogP contribution is -2.14. The molecule has 134 valence electrons.